The molecule has 2 amide bonds. The number of rotatable bonds is 7. The van der Waals surface area contributed by atoms with Gasteiger partial charge in [-0.1, -0.05) is 13.3 Å². The van der Waals surface area contributed by atoms with E-state index in [9.17, 15) is 28.3 Å². The van der Waals surface area contributed by atoms with Crippen LogP contribution >= 0.6 is 0 Å². The van der Waals surface area contributed by atoms with E-state index in [4.69, 9.17) is 0 Å². The number of alkyl halides is 2. The SMILES string of the molecule is CCCCN1CN(CC)C(=O)c2c(O)c(=O)c(C(=O)NCC3CCC(F)CC3F)cn21. The lowest BCUT2D eigenvalue weighted by Crippen LogP contribution is -2.54. The van der Waals surface area contributed by atoms with Gasteiger partial charge in [0.1, 0.15) is 24.6 Å². The molecule has 8 nitrogen and oxygen atoms in total. The van der Waals surface area contributed by atoms with Crippen molar-refractivity contribution in [2.24, 2.45) is 5.92 Å². The van der Waals surface area contributed by atoms with Crippen LogP contribution in [-0.4, -0.2) is 65.1 Å². The van der Waals surface area contributed by atoms with Crippen molar-refractivity contribution in [3.63, 3.8) is 0 Å². The van der Waals surface area contributed by atoms with E-state index in [1.807, 2.05) is 6.92 Å². The molecule has 0 spiro atoms. The van der Waals surface area contributed by atoms with E-state index in [1.54, 1.807) is 11.9 Å². The Bertz CT molecular complexity index is 891. The number of pyridine rings is 1. The van der Waals surface area contributed by atoms with Crippen LogP contribution in [0.15, 0.2) is 11.0 Å². The Hall–Kier alpha value is -2.65. The highest BCUT2D eigenvalue weighted by Crippen LogP contribution is 2.28. The number of aromatic hydroxyl groups is 1. The molecule has 1 aliphatic carbocycles. The Morgan fingerprint density at radius 3 is 2.65 bits per heavy atom. The minimum absolute atomic E-state index is 0.0310. The van der Waals surface area contributed by atoms with Crippen molar-refractivity contribution < 1.29 is 23.5 Å². The monoisotopic (exact) mass is 440 g/mol. The number of nitrogens with one attached hydrogen (secondary N) is 1. The summed E-state index contributed by atoms with van der Waals surface area (Å²) in [6.07, 6.45) is 0.813. The highest BCUT2D eigenvalue weighted by atomic mass is 19.1. The molecule has 1 fully saturated rings. The van der Waals surface area contributed by atoms with Crippen LogP contribution in [0.3, 0.4) is 0 Å². The first kappa shape index (κ1) is 23.0. The fraction of sp³-hybridized carbons (Fsp3) is 0.667. The molecule has 0 aromatic carbocycles. The molecule has 2 heterocycles. The molecule has 3 unspecified atom stereocenters. The molecule has 0 saturated heterocycles. The molecule has 1 aromatic rings. The number of nitrogens with zero attached hydrogens (tertiary/aromatic N) is 3. The maximum atomic E-state index is 14.1. The Kier molecular flexibility index (Phi) is 7.17. The summed E-state index contributed by atoms with van der Waals surface area (Å²) in [5.41, 5.74) is -1.44. The number of carbonyl (C=O) groups excluding carboxylic acids is 2. The van der Waals surface area contributed by atoms with E-state index >= 15 is 0 Å². The van der Waals surface area contributed by atoms with Gasteiger partial charge < -0.3 is 15.3 Å². The van der Waals surface area contributed by atoms with Gasteiger partial charge in [-0.25, -0.2) is 8.78 Å². The minimum Gasteiger partial charge on any atom is -0.502 e. The number of fused-ring (bicyclic) bond motifs is 1. The second-order valence-electron chi connectivity index (χ2n) is 8.20. The molecule has 1 aliphatic heterocycles. The predicted molar refractivity (Wildman–Crippen MR) is 111 cm³/mol. The third-order valence-electron chi connectivity index (χ3n) is 6.06. The molecule has 2 N–H and O–H groups in total. The van der Waals surface area contributed by atoms with Gasteiger partial charge in [0.2, 0.25) is 5.43 Å². The zero-order chi connectivity index (χ0) is 22.7. The van der Waals surface area contributed by atoms with Gasteiger partial charge in [0.15, 0.2) is 11.4 Å². The van der Waals surface area contributed by atoms with Crippen molar-refractivity contribution in [1.29, 1.82) is 0 Å². The number of hydrogen-bond donors (Lipinski definition) is 2. The zero-order valence-electron chi connectivity index (χ0n) is 17.9. The molecule has 31 heavy (non-hydrogen) atoms. The van der Waals surface area contributed by atoms with Crippen molar-refractivity contribution in [1.82, 2.24) is 14.9 Å². The molecule has 3 rings (SSSR count). The minimum atomic E-state index is -1.36. The summed E-state index contributed by atoms with van der Waals surface area (Å²) >= 11 is 0. The van der Waals surface area contributed by atoms with Gasteiger partial charge >= 0.3 is 0 Å². The maximum Gasteiger partial charge on any atom is 0.277 e. The van der Waals surface area contributed by atoms with E-state index < -0.39 is 41.3 Å². The molecule has 10 heteroatoms. The first-order chi connectivity index (χ1) is 14.8. The van der Waals surface area contributed by atoms with E-state index in [-0.39, 0.29) is 37.3 Å². The lowest BCUT2D eigenvalue weighted by Gasteiger charge is -2.39. The van der Waals surface area contributed by atoms with Crippen LogP contribution in [0.2, 0.25) is 0 Å². The normalized spacial score (nSPS) is 23.6. The average molecular weight is 440 g/mol. The quantitative estimate of drug-likeness (QED) is 0.676. The van der Waals surface area contributed by atoms with Gasteiger partial charge in [-0.05, 0) is 26.2 Å². The van der Waals surface area contributed by atoms with E-state index in [1.165, 1.54) is 15.8 Å². The lowest BCUT2D eigenvalue weighted by molar-refractivity contribution is 0.0694. The van der Waals surface area contributed by atoms with Crippen molar-refractivity contribution in [3.8, 4) is 5.75 Å². The van der Waals surface area contributed by atoms with Gasteiger partial charge in [0.05, 0.1) is 0 Å². The Morgan fingerprint density at radius 1 is 1.26 bits per heavy atom. The maximum absolute atomic E-state index is 14.1. The summed E-state index contributed by atoms with van der Waals surface area (Å²) in [6, 6.07) is 0. The fourth-order valence-electron chi connectivity index (χ4n) is 4.09. The van der Waals surface area contributed by atoms with E-state index in [0.717, 1.165) is 12.8 Å². The highest BCUT2D eigenvalue weighted by molar-refractivity contribution is 5.99. The molecule has 2 aliphatic rings. The van der Waals surface area contributed by atoms with Crippen molar-refractivity contribution >= 4 is 11.8 Å². The Morgan fingerprint density at radius 2 is 2.00 bits per heavy atom. The molecular weight excluding hydrogens is 410 g/mol. The Balaban J connectivity index is 1.86. The highest BCUT2D eigenvalue weighted by Gasteiger charge is 2.34. The van der Waals surface area contributed by atoms with Crippen molar-refractivity contribution in [3.05, 3.63) is 27.7 Å². The van der Waals surface area contributed by atoms with Crippen LogP contribution in [0, 0.1) is 5.92 Å². The standard InChI is InChI=1S/C21H30F2N4O4/c1-3-5-8-26-12-25(4-2)21(31)17-19(29)18(28)15(11-27(17)26)20(30)24-10-13-6-7-14(22)9-16(13)23/h11,13-14,16,29H,3-10,12H2,1-2H3,(H,24,30). The van der Waals surface area contributed by atoms with Gasteiger partial charge in [-0.2, -0.15) is 0 Å². The molecule has 0 bridgehead atoms. The topological polar surface area (TPSA) is 94.9 Å². The fourth-order valence-corrected chi connectivity index (χ4v) is 4.09. The smallest absolute Gasteiger partial charge is 0.277 e. The third kappa shape index (κ3) is 4.67. The number of halogens is 2. The largest absolute Gasteiger partial charge is 0.502 e. The summed E-state index contributed by atoms with van der Waals surface area (Å²) in [5, 5.41) is 14.8. The summed E-state index contributed by atoms with van der Waals surface area (Å²) in [7, 11) is 0. The lowest BCUT2D eigenvalue weighted by atomic mass is 9.86. The first-order valence-corrected chi connectivity index (χ1v) is 10.9. The van der Waals surface area contributed by atoms with Gasteiger partial charge in [0.25, 0.3) is 11.8 Å². The summed E-state index contributed by atoms with van der Waals surface area (Å²) < 4.78 is 28.7. The number of unbranched alkanes of at least 4 members (excludes halogenated alkanes) is 1. The number of amides is 2. The number of hydrogen-bond acceptors (Lipinski definition) is 5. The molecule has 1 saturated carbocycles. The van der Waals surface area contributed by atoms with Gasteiger partial charge in [-0.15, -0.1) is 0 Å². The van der Waals surface area contributed by atoms with Crippen LogP contribution in [0.4, 0.5) is 8.78 Å². The molecule has 1 aromatic heterocycles. The Labute approximate surface area is 179 Å². The molecule has 3 atom stereocenters. The van der Waals surface area contributed by atoms with Gasteiger partial charge in [0, 0.05) is 38.2 Å². The van der Waals surface area contributed by atoms with E-state index in [2.05, 4.69) is 5.32 Å². The zero-order valence-corrected chi connectivity index (χ0v) is 17.9. The van der Waals surface area contributed by atoms with Crippen molar-refractivity contribution in [2.75, 3.05) is 31.3 Å². The summed E-state index contributed by atoms with van der Waals surface area (Å²) in [6.45, 7) is 5.02. The predicted octanol–water partition coefficient (Wildman–Crippen LogP) is 1.93. The number of carbonyl (C=O) groups is 2. The van der Waals surface area contributed by atoms with Gasteiger partial charge in [-0.3, -0.25) is 24.1 Å². The second kappa shape index (κ2) is 9.65. The second-order valence-corrected chi connectivity index (χ2v) is 8.20. The number of aromatic nitrogens is 1. The average Bonchev–Trinajstić information content (AvgIpc) is 2.74. The summed E-state index contributed by atoms with van der Waals surface area (Å²) in [5.74, 6) is -2.55. The molecule has 0 radical (unpaired) electrons. The third-order valence-corrected chi connectivity index (χ3v) is 6.06. The first-order valence-electron chi connectivity index (χ1n) is 10.9. The van der Waals surface area contributed by atoms with Crippen LogP contribution in [0.25, 0.3) is 0 Å². The van der Waals surface area contributed by atoms with E-state index in [0.29, 0.717) is 19.5 Å². The van der Waals surface area contributed by atoms with Crippen molar-refractivity contribution in [2.45, 2.75) is 58.3 Å². The van der Waals surface area contributed by atoms with Crippen LogP contribution in [0.5, 0.6) is 5.75 Å². The van der Waals surface area contributed by atoms with Crippen LogP contribution in [0.1, 0.15) is 66.8 Å². The van der Waals surface area contributed by atoms with Crippen LogP contribution in [-0.2, 0) is 0 Å². The molecule has 172 valence electrons. The summed E-state index contributed by atoms with van der Waals surface area (Å²) in [4.78, 5) is 39.6. The van der Waals surface area contributed by atoms with Crippen LogP contribution < -0.4 is 15.8 Å². The molecular formula is C21H30F2N4O4.